The zero-order valence-electron chi connectivity index (χ0n) is 13.2. The summed E-state index contributed by atoms with van der Waals surface area (Å²) in [7, 11) is 0. The van der Waals surface area contributed by atoms with Crippen LogP contribution in [0.5, 0.6) is 0 Å². The van der Waals surface area contributed by atoms with E-state index in [1.54, 1.807) is 23.9 Å². The average Bonchev–Trinajstić information content (AvgIpc) is 2.95. The zero-order chi connectivity index (χ0) is 17.5. The highest BCUT2D eigenvalue weighted by atomic mass is 35.5. The van der Waals surface area contributed by atoms with Crippen LogP contribution in [-0.4, -0.2) is 27.6 Å². The molecule has 0 saturated carbocycles. The van der Waals surface area contributed by atoms with Crippen LogP contribution in [0.1, 0.15) is 19.4 Å². The van der Waals surface area contributed by atoms with Crippen LogP contribution in [-0.2, 0) is 10.5 Å². The van der Waals surface area contributed by atoms with E-state index in [9.17, 15) is 9.18 Å². The SMILES string of the molecule is CC(C)CSc1nnc(NC(=O)CSCc2ccc(Cl)cc2F)s1. The number of carbonyl (C=O) groups excluding carboxylic acids is 1. The van der Waals surface area contributed by atoms with Crippen molar-refractivity contribution >= 4 is 57.5 Å². The normalized spacial score (nSPS) is 11.0. The van der Waals surface area contributed by atoms with Crippen molar-refractivity contribution in [3.05, 3.63) is 34.6 Å². The maximum absolute atomic E-state index is 13.6. The molecular formula is C15H17ClFN3OS3. The van der Waals surface area contributed by atoms with Crippen LogP contribution >= 0.6 is 46.5 Å². The molecule has 1 heterocycles. The monoisotopic (exact) mass is 405 g/mol. The topological polar surface area (TPSA) is 54.9 Å². The number of halogens is 2. The van der Waals surface area contributed by atoms with E-state index in [1.165, 1.54) is 29.2 Å². The number of rotatable bonds is 8. The van der Waals surface area contributed by atoms with Crippen LogP contribution in [0.15, 0.2) is 22.5 Å². The van der Waals surface area contributed by atoms with Crippen molar-refractivity contribution in [3.8, 4) is 0 Å². The molecule has 0 unspecified atom stereocenters. The zero-order valence-corrected chi connectivity index (χ0v) is 16.4. The van der Waals surface area contributed by atoms with Crippen LogP contribution < -0.4 is 5.32 Å². The number of hydrogen-bond donors (Lipinski definition) is 1. The summed E-state index contributed by atoms with van der Waals surface area (Å²) in [5, 5.41) is 11.6. The number of benzene rings is 1. The minimum Gasteiger partial charge on any atom is -0.300 e. The first-order chi connectivity index (χ1) is 11.4. The quantitative estimate of drug-likeness (QED) is 0.497. The van der Waals surface area contributed by atoms with Gasteiger partial charge in [-0.1, -0.05) is 54.6 Å². The second kappa shape index (κ2) is 9.60. The van der Waals surface area contributed by atoms with Gasteiger partial charge < -0.3 is 0 Å². The Morgan fingerprint density at radius 1 is 1.42 bits per heavy atom. The number of nitrogens with zero attached hydrogens (tertiary/aromatic N) is 2. The summed E-state index contributed by atoms with van der Waals surface area (Å²) in [5.41, 5.74) is 0.528. The molecule has 0 aliphatic heterocycles. The highest BCUT2D eigenvalue weighted by Gasteiger charge is 2.10. The summed E-state index contributed by atoms with van der Waals surface area (Å²) in [6, 6.07) is 4.54. The summed E-state index contributed by atoms with van der Waals surface area (Å²) in [6.45, 7) is 4.27. The van der Waals surface area contributed by atoms with Crippen molar-refractivity contribution in [1.29, 1.82) is 0 Å². The molecule has 1 aromatic heterocycles. The van der Waals surface area contributed by atoms with E-state index in [0.29, 0.717) is 27.4 Å². The highest BCUT2D eigenvalue weighted by molar-refractivity contribution is 8.01. The highest BCUT2D eigenvalue weighted by Crippen LogP contribution is 2.27. The van der Waals surface area contributed by atoms with Crippen LogP contribution in [0.25, 0.3) is 0 Å². The standard InChI is InChI=1S/C15H17ClFN3OS3/c1-9(2)6-23-15-20-19-14(24-15)18-13(21)8-22-7-10-3-4-11(16)5-12(10)17/h3-5,9H,6-8H2,1-2H3,(H,18,19,21). The van der Waals surface area contributed by atoms with Gasteiger partial charge >= 0.3 is 0 Å². The molecule has 0 atom stereocenters. The van der Waals surface area contributed by atoms with Crippen molar-refractivity contribution in [3.63, 3.8) is 0 Å². The van der Waals surface area contributed by atoms with Crippen molar-refractivity contribution in [2.24, 2.45) is 5.92 Å². The maximum atomic E-state index is 13.6. The first kappa shape index (κ1) is 19.5. The molecule has 0 aliphatic rings. The third kappa shape index (κ3) is 6.58. The Labute approximate surface area is 158 Å². The van der Waals surface area contributed by atoms with Gasteiger partial charge in [0, 0.05) is 16.5 Å². The summed E-state index contributed by atoms with van der Waals surface area (Å²) < 4.78 is 14.5. The lowest BCUT2D eigenvalue weighted by Gasteiger charge is -2.04. The average molecular weight is 406 g/mol. The molecule has 0 radical (unpaired) electrons. The number of nitrogens with one attached hydrogen (secondary N) is 1. The number of thioether (sulfide) groups is 2. The fraction of sp³-hybridized carbons (Fsp3) is 0.400. The molecule has 4 nitrogen and oxygen atoms in total. The fourth-order valence-electron chi connectivity index (χ4n) is 1.60. The van der Waals surface area contributed by atoms with E-state index in [4.69, 9.17) is 11.6 Å². The summed E-state index contributed by atoms with van der Waals surface area (Å²) in [4.78, 5) is 11.9. The third-order valence-electron chi connectivity index (χ3n) is 2.70. The van der Waals surface area contributed by atoms with E-state index in [-0.39, 0.29) is 17.5 Å². The second-order valence-electron chi connectivity index (χ2n) is 5.35. The molecule has 2 aromatic rings. The number of carbonyl (C=O) groups is 1. The van der Waals surface area contributed by atoms with Crippen molar-refractivity contribution in [2.45, 2.75) is 23.9 Å². The Balaban J connectivity index is 1.75. The van der Waals surface area contributed by atoms with Gasteiger partial charge in [-0.3, -0.25) is 10.1 Å². The van der Waals surface area contributed by atoms with Crippen molar-refractivity contribution in [1.82, 2.24) is 10.2 Å². The minimum atomic E-state index is -0.355. The smallest absolute Gasteiger partial charge is 0.236 e. The lowest BCUT2D eigenvalue weighted by atomic mass is 10.2. The van der Waals surface area contributed by atoms with Gasteiger partial charge in [0.2, 0.25) is 11.0 Å². The van der Waals surface area contributed by atoms with Crippen molar-refractivity contribution < 1.29 is 9.18 Å². The molecule has 9 heteroatoms. The number of hydrogen-bond acceptors (Lipinski definition) is 6. The maximum Gasteiger partial charge on any atom is 0.236 e. The summed E-state index contributed by atoms with van der Waals surface area (Å²) >= 11 is 10.0. The predicted molar refractivity (Wildman–Crippen MR) is 102 cm³/mol. The third-order valence-corrected chi connectivity index (χ3v) is 6.31. The lowest BCUT2D eigenvalue weighted by molar-refractivity contribution is -0.113. The molecule has 0 fully saturated rings. The first-order valence-corrected chi connectivity index (χ1v) is 10.6. The summed E-state index contributed by atoms with van der Waals surface area (Å²) in [6.07, 6.45) is 0. The number of amides is 1. The van der Waals surface area contributed by atoms with Gasteiger partial charge in [-0.2, -0.15) is 0 Å². The Hall–Kier alpha value is -0.830. The predicted octanol–water partition coefficient (Wildman–Crippen LogP) is 4.95. The van der Waals surface area contributed by atoms with E-state index in [0.717, 1.165) is 10.1 Å². The minimum absolute atomic E-state index is 0.175. The largest absolute Gasteiger partial charge is 0.300 e. The number of aromatic nitrogens is 2. The molecule has 24 heavy (non-hydrogen) atoms. The lowest BCUT2D eigenvalue weighted by Crippen LogP contribution is -2.14. The van der Waals surface area contributed by atoms with E-state index in [1.807, 2.05) is 0 Å². The van der Waals surface area contributed by atoms with E-state index >= 15 is 0 Å². The molecular weight excluding hydrogens is 389 g/mol. The van der Waals surface area contributed by atoms with Gasteiger partial charge in [-0.15, -0.1) is 22.0 Å². The van der Waals surface area contributed by atoms with Gasteiger partial charge in [0.15, 0.2) is 4.34 Å². The van der Waals surface area contributed by atoms with Crippen LogP contribution in [0, 0.1) is 11.7 Å². The molecule has 1 amide bonds. The second-order valence-corrected chi connectivity index (χ2v) is 9.02. The molecule has 1 N–H and O–H groups in total. The molecule has 0 bridgehead atoms. The Bertz CT molecular complexity index is 696. The number of anilines is 1. The van der Waals surface area contributed by atoms with Gasteiger partial charge in [-0.25, -0.2) is 4.39 Å². The fourth-order valence-corrected chi connectivity index (χ4v) is 4.32. The molecule has 1 aromatic carbocycles. The van der Waals surface area contributed by atoms with Gasteiger partial charge in [-0.05, 0) is 23.6 Å². The van der Waals surface area contributed by atoms with Gasteiger partial charge in [0.25, 0.3) is 0 Å². The van der Waals surface area contributed by atoms with E-state index in [2.05, 4.69) is 29.4 Å². The van der Waals surface area contributed by atoms with Gasteiger partial charge in [0.1, 0.15) is 5.82 Å². The molecule has 0 saturated heterocycles. The molecule has 0 spiro atoms. The Kier molecular flexibility index (Phi) is 7.80. The Morgan fingerprint density at radius 2 is 2.21 bits per heavy atom. The van der Waals surface area contributed by atoms with Gasteiger partial charge in [0.05, 0.1) is 5.75 Å². The molecule has 130 valence electrons. The molecule has 2 rings (SSSR count). The first-order valence-electron chi connectivity index (χ1n) is 7.22. The Morgan fingerprint density at radius 3 is 2.92 bits per heavy atom. The summed E-state index contributed by atoms with van der Waals surface area (Å²) in [5.74, 6) is 1.63. The van der Waals surface area contributed by atoms with Crippen LogP contribution in [0.4, 0.5) is 9.52 Å². The molecule has 0 aliphatic carbocycles. The van der Waals surface area contributed by atoms with Crippen LogP contribution in [0.2, 0.25) is 5.02 Å². The van der Waals surface area contributed by atoms with Crippen molar-refractivity contribution in [2.75, 3.05) is 16.8 Å². The van der Waals surface area contributed by atoms with E-state index < -0.39 is 0 Å². The van der Waals surface area contributed by atoms with Crippen LogP contribution in [0.3, 0.4) is 0 Å².